The van der Waals surface area contributed by atoms with Gasteiger partial charge in [-0.05, 0) is 74.8 Å². The first-order chi connectivity index (χ1) is 13.0. The van der Waals surface area contributed by atoms with Gasteiger partial charge in [0.25, 0.3) is 0 Å². The SMILES string of the molecule is O=C(O)CCCCc1c(F)cc(-c2cccnc2OC2CCCC2)cc1F. The first-order valence-electron chi connectivity index (χ1n) is 9.36. The Morgan fingerprint density at radius 3 is 2.56 bits per heavy atom. The molecule has 0 atom stereocenters. The summed E-state index contributed by atoms with van der Waals surface area (Å²) >= 11 is 0. The molecule has 0 spiro atoms. The van der Waals surface area contributed by atoms with Gasteiger partial charge < -0.3 is 9.84 Å². The molecule has 4 nitrogen and oxygen atoms in total. The highest BCUT2D eigenvalue weighted by Crippen LogP contribution is 2.33. The van der Waals surface area contributed by atoms with Crippen molar-refractivity contribution >= 4 is 5.97 Å². The standard InChI is InChI=1S/C21H23F2NO3/c22-18-12-14(13-19(23)17(18)8-3-4-10-20(25)26)16-9-5-11-24-21(16)27-15-6-1-2-7-15/h5,9,11-13,15H,1-4,6-8,10H2,(H,25,26). The van der Waals surface area contributed by atoms with Crippen LogP contribution >= 0.6 is 0 Å². The number of hydrogen-bond acceptors (Lipinski definition) is 3. The van der Waals surface area contributed by atoms with Crippen molar-refractivity contribution in [2.45, 2.75) is 57.5 Å². The number of carboxylic acid groups (broad SMARTS) is 1. The van der Waals surface area contributed by atoms with E-state index in [1.54, 1.807) is 18.3 Å². The second-order valence-corrected chi connectivity index (χ2v) is 6.90. The number of unbranched alkanes of at least 4 members (excludes halogenated alkanes) is 1. The van der Waals surface area contributed by atoms with E-state index >= 15 is 0 Å². The summed E-state index contributed by atoms with van der Waals surface area (Å²) in [5.41, 5.74) is 0.950. The third-order valence-electron chi connectivity index (χ3n) is 4.87. The first-order valence-corrected chi connectivity index (χ1v) is 9.36. The zero-order valence-electron chi connectivity index (χ0n) is 15.1. The molecule has 1 aliphatic rings. The summed E-state index contributed by atoms with van der Waals surface area (Å²) in [5, 5.41) is 8.64. The van der Waals surface area contributed by atoms with Crippen LogP contribution < -0.4 is 4.74 Å². The van der Waals surface area contributed by atoms with Crippen LogP contribution in [0.15, 0.2) is 30.5 Å². The van der Waals surface area contributed by atoms with E-state index in [-0.39, 0.29) is 24.5 Å². The normalized spacial score (nSPS) is 14.4. The number of benzene rings is 1. The highest BCUT2D eigenvalue weighted by Gasteiger charge is 2.20. The predicted octanol–water partition coefficient (Wildman–Crippen LogP) is 5.15. The number of aromatic nitrogens is 1. The zero-order valence-corrected chi connectivity index (χ0v) is 15.1. The molecule has 0 aliphatic heterocycles. The van der Waals surface area contributed by atoms with E-state index in [9.17, 15) is 13.6 Å². The minimum atomic E-state index is -0.905. The van der Waals surface area contributed by atoms with Crippen LogP contribution in [0.3, 0.4) is 0 Å². The zero-order chi connectivity index (χ0) is 19.2. The minimum absolute atomic E-state index is 0.00112. The maximum Gasteiger partial charge on any atom is 0.303 e. The number of halogens is 2. The number of pyridine rings is 1. The van der Waals surface area contributed by atoms with Crippen LogP contribution in [0.5, 0.6) is 5.88 Å². The number of hydrogen-bond donors (Lipinski definition) is 1. The van der Waals surface area contributed by atoms with Crippen molar-refractivity contribution in [3.63, 3.8) is 0 Å². The fourth-order valence-corrected chi connectivity index (χ4v) is 3.44. The number of ether oxygens (including phenoxy) is 1. The molecule has 1 aliphatic carbocycles. The average molecular weight is 375 g/mol. The van der Waals surface area contributed by atoms with Gasteiger partial charge >= 0.3 is 5.97 Å². The lowest BCUT2D eigenvalue weighted by atomic mass is 10.0. The second kappa shape index (κ2) is 8.93. The fourth-order valence-electron chi connectivity index (χ4n) is 3.44. The third-order valence-corrected chi connectivity index (χ3v) is 4.87. The first kappa shape index (κ1) is 19.3. The summed E-state index contributed by atoms with van der Waals surface area (Å²) in [5.74, 6) is -1.76. The van der Waals surface area contributed by atoms with Gasteiger partial charge in [0.1, 0.15) is 17.7 Å². The lowest BCUT2D eigenvalue weighted by Gasteiger charge is -2.16. The van der Waals surface area contributed by atoms with Crippen molar-refractivity contribution in [2.24, 2.45) is 0 Å². The number of aliphatic carboxylic acids is 1. The smallest absolute Gasteiger partial charge is 0.303 e. The summed E-state index contributed by atoms with van der Waals surface area (Å²) in [4.78, 5) is 14.8. The molecule has 1 aromatic heterocycles. The number of rotatable bonds is 8. The van der Waals surface area contributed by atoms with Crippen LogP contribution in [0, 0.1) is 11.6 Å². The van der Waals surface area contributed by atoms with Crippen LogP contribution in [0.4, 0.5) is 8.78 Å². The molecule has 144 valence electrons. The highest BCUT2D eigenvalue weighted by molar-refractivity contribution is 5.69. The number of carbonyl (C=O) groups is 1. The van der Waals surface area contributed by atoms with Gasteiger partial charge in [0.05, 0.1) is 0 Å². The Morgan fingerprint density at radius 2 is 1.89 bits per heavy atom. The van der Waals surface area contributed by atoms with E-state index in [4.69, 9.17) is 9.84 Å². The molecule has 3 rings (SSSR count). The average Bonchev–Trinajstić information content (AvgIpc) is 3.13. The molecular weight excluding hydrogens is 352 g/mol. The lowest BCUT2D eigenvalue weighted by Crippen LogP contribution is -2.12. The van der Waals surface area contributed by atoms with Crippen molar-refractivity contribution in [3.05, 3.63) is 47.7 Å². The summed E-state index contributed by atoms with van der Waals surface area (Å²) in [6.07, 6.45) is 6.85. The molecule has 27 heavy (non-hydrogen) atoms. The Labute approximate surface area is 157 Å². The Morgan fingerprint density at radius 1 is 1.19 bits per heavy atom. The van der Waals surface area contributed by atoms with Gasteiger partial charge in [-0.2, -0.15) is 0 Å². The summed E-state index contributed by atoms with van der Waals surface area (Å²) < 4.78 is 35.0. The van der Waals surface area contributed by atoms with Crippen molar-refractivity contribution in [1.82, 2.24) is 4.98 Å². The minimum Gasteiger partial charge on any atom is -0.481 e. The van der Waals surface area contributed by atoms with Crippen molar-refractivity contribution < 1.29 is 23.4 Å². The van der Waals surface area contributed by atoms with E-state index in [0.717, 1.165) is 25.7 Å². The molecule has 0 amide bonds. The molecule has 0 unspecified atom stereocenters. The van der Waals surface area contributed by atoms with Gasteiger partial charge in [-0.1, -0.05) is 0 Å². The van der Waals surface area contributed by atoms with Gasteiger partial charge in [-0.3, -0.25) is 4.79 Å². The van der Waals surface area contributed by atoms with Gasteiger partial charge in [0.15, 0.2) is 0 Å². The van der Waals surface area contributed by atoms with Crippen molar-refractivity contribution in [3.8, 4) is 17.0 Å². The van der Waals surface area contributed by atoms with E-state index < -0.39 is 17.6 Å². The van der Waals surface area contributed by atoms with Gasteiger partial charge in [0.2, 0.25) is 5.88 Å². The quantitative estimate of drug-likeness (QED) is 0.649. The van der Waals surface area contributed by atoms with Gasteiger partial charge in [0, 0.05) is 23.7 Å². The Kier molecular flexibility index (Phi) is 6.37. The van der Waals surface area contributed by atoms with Crippen LogP contribution in [-0.2, 0) is 11.2 Å². The van der Waals surface area contributed by atoms with E-state index in [2.05, 4.69) is 4.98 Å². The van der Waals surface area contributed by atoms with Crippen LogP contribution in [0.25, 0.3) is 11.1 Å². The van der Waals surface area contributed by atoms with Crippen LogP contribution in [-0.4, -0.2) is 22.2 Å². The fraction of sp³-hybridized carbons (Fsp3) is 0.429. The number of nitrogens with zero attached hydrogens (tertiary/aromatic N) is 1. The monoisotopic (exact) mass is 375 g/mol. The van der Waals surface area contributed by atoms with Crippen LogP contribution in [0.2, 0.25) is 0 Å². The molecular formula is C21H23F2NO3. The molecule has 2 aromatic rings. The summed E-state index contributed by atoms with van der Waals surface area (Å²) in [7, 11) is 0. The number of carboxylic acids is 1. The van der Waals surface area contributed by atoms with Crippen LogP contribution in [0.1, 0.15) is 50.5 Å². The molecule has 1 fully saturated rings. The molecule has 0 saturated heterocycles. The molecule has 1 N–H and O–H groups in total. The Balaban J connectivity index is 1.78. The topological polar surface area (TPSA) is 59.4 Å². The largest absolute Gasteiger partial charge is 0.481 e. The van der Waals surface area contributed by atoms with E-state index in [0.29, 0.717) is 29.8 Å². The maximum absolute atomic E-state index is 14.5. The molecule has 1 saturated carbocycles. The third kappa shape index (κ3) is 5.02. The summed E-state index contributed by atoms with van der Waals surface area (Å²) in [6.45, 7) is 0. The summed E-state index contributed by atoms with van der Waals surface area (Å²) in [6, 6.07) is 6.06. The van der Waals surface area contributed by atoms with Gasteiger partial charge in [-0.15, -0.1) is 0 Å². The van der Waals surface area contributed by atoms with Gasteiger partial charge in [-0.25, -0.2) is 13.8 Å². The predicted molar refractivity (Wildman–Crippen MR) is 97.7 cm³/mol. The molecule has 1 heterocycles. The van der Waals surface area contributed by atoms with E-state index in [1.165, 1.54) is 12.1 Å². The van der Waals surface area contributed by atoms with Crippen molar-refractivity contribution in [1.29, 1.82) is 0 Å². The second-order valence-electron chi connectivity index (χ2n) is 6.90. The Hall–Kier alpha value is -2.50. The highest BCUT2D eigenvalue weighted by atomic mass is 19.1. The maximum atomic E-state index is 14.5. The van der Waals surface area contributed by atoms with Crippen molar-refractivity contribution in [2.75, 3.05) is 0 Å². The molecule has 0 radical (unpaired) electrons. The molecule has 6 heteroatoms. The van der Waals surface area contributed by atoms with E-state index in [1.807, 2.05) is 0 Å². The Bertz CT molecular complexity index is 781. The lowest BCUT2D eigenvalue weighted by molar-refractivity contribution is -0.137. The molecule has 1 aromatic carbocycles. The molecule has 0 bridgehead atoms.